The first-order valence-electron chi connectivity index (χ1n) is 31.1. The number of aromatic nitrogens is 6. The third-order valence-corrected chi connectivity index (χ3v) is 17.5. The van der Waals surface area contributed by atoms with Crippen LogP contribution in [0.15, 0.2) is 279 Å². The van der Waals surface area contributed by atoms with Crippen LogP contribution in [0, 0.1) is 41.5 Å². The van der Waals surface area contributed by atoms with E-state index in [1.165, 1.54) is 146 Å². The van der Waals surface area contributed by atoms with Gasteiger partial charge in [0.25, 0.3) is 34.2 Å². The molecule has 0 radical (unpaired) electrons. The van der Waals surface area contributed by atoms with E-state index in [0.717, 1.165) is 0 Å². The van der Waals surface area contributed by atoms with Crippen molar-refractivity contribution >= 4 is 0 Å². The van der Waals surface area contributed by atoms with E-state index in [1.807, 2.05) is 0 Å². The largest absolute Gasteiger partial charge is 0.278 e. The lowest BCUT2D eigenvalue weighted by molar-refractivity contribution is -0.685. The summed E-state index contributed by atoms with van der Waals surface area (Å²) in [5.41, 5.74) is 32.2. The Kier molecular flexibility index (Phi) is 18.5. The van der Waals surface area contributed by atoms with Gasteiger partial charge in [0, 0.05) is 89.5 Å². The topological polar surface area (TPSA) is 23.3 Å². The molecule has 90 heavy (non-hydrogen) atoms. The maximum Gasteiger partial charge on any atom is 0.278 e. The van der Waals surface area contributed by atoms with Gasteiger partial charge in [-0.1, -0.05) is 163 Å². The molecule has 7 aromatic carbocycles. The van der Waals surface area contributed by atoms with Crippen molar-refractivity contribution in [3.05, 3.63) is 313 Å². The minimum absolute atomic E-state index is 1.18. The first-order valence-corrected chi connectivity index (χ1v) is 31.1. The minimum Gasteiger partial charge on any atom is -0.196 e. The highest BCUT2D eigenvalue weighted by atomic mass is 15.0. The normalized spacial score (nSPS) is 10.9. The molecule has 0 atom stereocenters. The van der Waals surface area contributed by atoms with Crippen molar-refractivity contribution in [2.24, 2.45) is 42.3 Å². The van der Waals surface area contributed by atoms with E-state index >= 15 is 0 Å². The fourth-order valence-corrected chi connectivity index (χ4v) is 12.3. The second-order valence-corrected chi connectivity index (χ2v) is 23.9. The zero-order valence-electron chi connectivity index (χ0n) is 54.2. The Morgan fingerprint density at radius 2 is 0.489 bits per heavy atom. The average molecular weight is 1180 g/mol. The molecule has 0 saturated heterocycles. The van der Waals surface area contributed by atoms with E-state index in [0.29, 0.717) is 0 Å². The van der Waals surface area contributed by atoms with Gasteiger partial charge in [-0.2, -0.15) is 27.4 Å². The Bertz CT molecular complexity index is 4510. The van der Waals surface area contributed by atoms with Crippen molar-refractivity contribution in [1.29, 1.82) is 0 Å². The summed E-state index contributed by atoms with van der Waals surface area (Å²) in [6, 6.07) is 93.6. The summed E-state index contributed by atoms with van der Waals surface area (Å²) < 4.78 is 13.5. The van der Waals surface area contributed by atoms with Gasteiger partial charge in [0.2, 0.25) is 17.1 Å². The fraction of sp³-hybridized carbons (Fsp3) is 0.143. The predicted molar refractivity (Wildman–Crippen MR) is 369 cm³/mol. The second-order valence-electron chi connectivity index (χ2n) is 23.9. The molecule has 6 heterocycles. The van der Waals surface area contributed by atoms with Crippen LogP contribution in [-0.2, 0) is 42.3 Å². The van der Waals surface area contributed by atoms with Crippen molar-refractivity contribution in [1.82, 2.24) is 0 Å². The molecule has 0 unspecified atom stereocenters. The van der Waals surface area contributed by atoms with Crippen LogP contribution in [0.1, 0.15) is 33.4 Å². The molecule has 0 bridgehead atoms. The Hall–Kier alpha value is -10.6. The van der Waals surface area contributed by atoms with E-state index in [9.17, 15) is 0 Å². The molecule has 13 rings (SSSR count). The summed E-state index contributed by atoms with van der Waals surface area (Å²) in [6.45, 7) is 13.0. The molecule has 13 aromatic rings. The molecular formula is C84H82N6+6. The minimum atomic E-state index is 1.18. The molecule has 0 N–H and O–H groups in total. The third kappa shape index (κ3) is 13.3. The molecule has 0 amide bonds. The Morgan fingerprint density at radius 3 is 0.867 bits per heavy atom. The SMILES string of the molecule is Cc1ccc(-c2cc(-c3ccccc3C)[n+](C)c(-c3cccc[n+]3C)c2)c(C)c1.Cc1ccc(-c2cc(-c3ccccc3C)[n+](C)c(-c3cccc[n+]3C)c2)cc1.Cc1ccccc1-c1cc(-c2ccc(-c3ccccc3)cc2)cc(-c2cccc[n+]2C)[n+]1C. The summed E-state index contributed by atoms with van der Waals surface area (Å²) in [4.78, 5) is 0. The number of hydrogen-bond acceptors (Lipinski definition) is 0. The van der Waals surface area contributed by atoms with Crippen molar-refractivity contribution in [3.63, 3.8) is 0 Å². The molecule has 0 saturated carbocycles. The van der Waals surface area contributed by atoms with E-state index in [-0.39, 0.29) is 0 Å². The molecule has 6 aromatic heterocycles. The molecule has 6 nitrogen and oxygen atoms in total. The molecule has 0 aliphatic carbocycles. The fourth-order valence-electron chi connectivity index (χ4n) is 12.3. The molecule has 0 aliphatic heterocycles. The van der Waals surface area contributed by atoms with Crippen LogP contribution in [0.2, 0.25) is 0 Å². The number of aryl methyl sites for hydroxylation is 9. The standard InChI is InChI=1S/C31H28N2.C27H28N2.C26H26N2/c1-23-11-7-8-14-28(23)30-21-27(22-31(33(30)3)29-15-9-10-20-32(29)2)26-18-16-25(17-19-26)24-12-5-4-6-13-24;1-19-13-14-23(21(3)16-19)22-17-26(24-11-7-6-10-20(24)2)29(5)27(18-22)25-12-8-9-15-28(25)4;1-19-12-14-21(15-13-19)22-17-25(23-10-6-5-9-20(23)2)28(4)26(18-22)24-11-7-8-16-27(24)3/h4-22H,1-3H3;6-18H,1-5H3;5-18H,1-4H3/q3*+2. The van der Waals surface area contributed by atoms with E-state index in [1.54, 1.807) is 0 Å². The number of pyridine rings is 6. The zero-order chi connectivity index (χ0) is 63.0. The summed E-state index contributed by atoms with van der Waals surface area (Å²) in [5.74, 6) is 0. The van der Waals surface area contributed by atoms with Crippen LogP contribution in [0.4, 0.5) is 0 Å². The first-order chi connectivity index (χ1) is 43.6. The predicted octanol–water partition coefficient (Wildman–Crippen LogP) is 16.5. The maximum atomic E-state index is 2.33. The molecule has 442 valence electrons. The lowest BCUT2D eigenvalue weighted by Gasteiger charge is -2.12. The maximum absolute atomic E-state index is 2.33. The average Bonchev–Trinajstić information content (AvgIpc) is 0.848. The smallest absolute Gasteiger partial charge is 0.196 e. The van der Waals surface area contributed by atoms with Gasteiger partial charge < -0.3 is 0 Å². The Morgan fingerprint density at radius 1 is 0.189 bits per heavy atom. The Labute approximate surface area is 533 Å². The van der Waals surface area contributed by atoms with Crippen LogP contribution in [0.5, 0.6) is 0 Å². The van der Waals surface area contributed by atoms with E-state index < -0.39 is 0 Å². The first kappa shape index (κ1) is 61.1. The highest BCUT2D eigenvalue weighted by Gasteiger charge is 2.29. The monoisotopic (exact) mass is 1170 g/mol. The van der Waals surface area contributed by atoms with Gasteiger partial charge in [-0.05, 0) is 145 Å². The number of benzene rings is 7. The van der Waals surface area contributed by atoms with Crippen LogP contribution in [0.25, 0.3) is 112 Å². The molecule has 6 heteroatoms. The Balaban J connectivity index is 0.000000139. The van der Waals surface area contributed by atoms with Crippen molar-refractivity contribution < 1.29 is 27.4 Å². The third-order valence-electron chi connectivity index (χ3n) is 17.5. The van der Waals surface area contributed by atoms with Gasteiger partial charge in [0.1, 0.15) is 42.3 Å². The lowest BCUT2D eigenvalue weighted by atomic mass is 9.95. The van der Waals surface area contributed by atoms with Gasteiger partial charge in [-0.25, -0.2) is 0 Å². The van der Waals surface area contributed by atoms with Crippen LogP contribution in [0.3, 0.4) is 0 Å². The van der Waals surface area contributed by atoms with Gasteiger partial charge in [-0.15, -0.1) is 0 Å². The van der Waals surface area contributed by atoms with Crippen molar-refractivity contribution in [3.8, 4) is 112 Å². The number of rotatable bonds is 10. The van der Waals surface area contributed by atoms with Gasteiger partial charge in [0.15, 0.2) is 18.6 Å². The van der Waals surface area contributed by atoms with Crippen molar-refractivity contribution in [2.75, 3.05) is 0 Å². The van der Waals surface area contributed by atoms with Crippen LogP contribution < -0.4 is 27.4 Å². The summed E-state index contributed by atoms with van der Waals surface area (Å²) >= 11 is 0. The molecule has 0 aliphatic rings. The second kappa shape index (κ2) is 27.2. The summed E-state index contributed by atoms with van der Waals surface area (Å²) in [7, 11) is 12.8. The lowest BCUT2D eigenvalue weighted by Crippen LogP contribution is -2.40. The van der Waals surface area contributed by atoms with Crippen molar-refractivity contribution in [2.45, 2.75) is 41.5 Å². The molecule has 0 spiro atoms. The van der Waals surface area contributed by atoms with Gasteiger partial charge >= 0.3 is 0 Å². The quantitative estimate of drug-likeness (QED) is 0.122. The number of nitrogens with zero attached hydrogens (tertiary/aromatic N) is 6. The van der Waals surface area contributed by atoms with E-state index in [2.05, 4.69) is 391 Å². The zero-order valence-corrected chi connectivity index (χ0v) is 54.2. The molecule has 0 fully saturated rings. The van der Waals surface area contributed by atoms with Gasteiger partial charge in [-0.3, -0.25) is 0 Å². The molecular weight excluding hydrogens is 1090 g/mol. The summed E-state index contributed by atoms with van der Waals surface area (Å²) in [6.07, 6.45) is 6.30. The number of hydrogen-bond donors (Lipinski definition) is 0. The van der Waals surface area contributed by atoms with E-state index in [4.69, 9.17) is 0 Å². The highest BCUT2D eigenvalue weighted by molar-refractivity contribution is 5.78. The van der Waals surface area contributed by atoms with Crippen LogP contribution in [-0.4, -0.2) is 0 Å². The van der Waals surface area contributed by atoms with Gasteiger partial charge in [0.05, 0.1) is 0 Å². The summed E-state index contributed by atoms with van der Waals surface area (Å²) in [5, 5.41) is 0. The highest BCUT2D eigenvalue weighted by Crippen LogP contribution is 2.34. The van der Waals surface area contributed by atoms with Crippen LogP contribution >= 0.6 is 0 Å².